The molecule has 0 saturated heterocycles. The van der Waals surface area contributed by atoms with E-state index in [1.807, 2.05) is 13.0 Å². The summed E-state index contributed by atoms with van der Waals surface area (Å²) in [6.45, 7) is 5.73. The number of nitriles is 1. The van der Waals surface area contributed by atoms with Crippen molar-refractivity contribution in [2.24, 2.45) is 5.73 Å². The van der Waals surface area contributed by atoms with Crippen LogP contribution >= 0.6 is 0 Å². The van der Waals surface area contributed by atoms with Crippen LogP contribution in [0, 0.1) is 11.3 Å². The SMILES string of the molecule is C=CC.N#CCCN. The van der Waals surface area contributed by atoms with Crippen molar-refractivity contribution in [3.05, 3.63) is 12.7 Å². The summed E-state index contributed by atoms with van der Waals surface area (Å²) in [6, 6.07) is 1.89. The predicted molar refractivity (Wildman–Crippen MR) is 35.2 cm³/mol. The Bertz CT molecular complexity index is 71.1. The van der Waals surface area contributed by atoms with E-state index in [-0.39, 0.29) is 0 Å². The molecule has 0 aliphatic carbocycles. The van der Waals surface area contributed by atoms with Gasteiger partial charge in [0, 0.05) is 13.0 Å². The molecule has 0 aromatic rings. The zero-order valence-corrected chi connectivity index (χ0v) is 5.22. The molecule has 2 heteroatoms. The highest BCUT2D eigenvalue weighted by Gasteiger charge is 1.65. The van der Waals surface area contributed by atoms with E-state index in [1.165, 1.54) is 0 Å². The average molecular weight is 112 g/mol. The minimum Gasteiger partial charge on any atom is -0.329 e. The molecule has 0 unspecified atom stereocenters. The van der Waals surface area contributed by atoms with Gasteiger partial charge in [-0.25, -0.2) is 0 Å². The van der Waals surface area contributed by atoms with Crippen LogP contribution < -0.4 is 5.73 Å². The zero-order valence-electron chi connectivity index (χ0n) is 5.22. The third-order valence-corrected chi connectivity index (χ3v) is 0.256. The summed E-state index contributed by atoms with van der Waals surface area (Å²) in [5.41, 5.74) is 4.92. The second kappa shape index (κ2) is 16.4. The van der Waals surface area contributed by atoms with Crippen LogP contribution in [0.25, 0.3) is 0 Å². The molecule has 8 heavy (non-hydrogen) atoms. The van der Waals surface area contributed by atoms with Crippen LogP contribution in [0.2, 0.25) is 0 Å². The number of rotatable bonds is 1. The Morgan fingerprint density at radius 1 is 1.88 bits per heavy atom. The van der Waals surface area contributed by atoms with Crippen molar-refractivity contribution in [1.29, 1.82) is 5.26 Å². The quantitative estimate of drug-likeness (QED) is 0.515. The molecule has 0 aliphatic rings. The second-order valence-electron chi connectivity index (χ2n) is 1.11. The van der Waals surface area contributed by atoms with Crippen LogP contribution in [0.5, 0.6) is 0 Å². The number of allylic oxidation sites excluding steroid dienone is 1. The van der Waals surface area contributed by atoms with Crippen molar-refractivity contribution in [1.82, 2.24) is 0 Å². The Hall–Kier alpha value is -0.810. The van der Waals surface area contributed by atoms with Gasteiger partial charge in [-0.1, -0.05) is 6.08 Å². The van der Waals surface area contributed by atoms with E-state index in [2.05, 4.69) is 6.58 Å². The first-order valence-electron chi connectivity index (χ1n) is 2.47. The smallest absolute Gasteiger partial charge is 0.0635 e. The summed E-state index contributed by atoms with van der Waals surface area (Å²) < 4.78 is 0. The summed E-state index contributed by atoms with van der Waals surface area (Å²) in [5.74, 6) is 0. The van der Waals surface area contributed by atoms with Gasteiger partial charge in [0.2, 0.25) is 0 Å². The van der Waals surface area contributed by atoms with Crippen LogP contribution in [0.4, 0.5) is 0 Å². The van der Waals surface area contributed by atoms with Gasteiger partial charge in [-0.15, -0.1) is 6.58 Å². The van der Waals surface area contributed by atoms with Crippen LogP contribution in [-0.4, -0.2) is 6.54 Å². The molecule has 0 saturated carbocycles. The lowest BCUT2D eigenvalue weighted by molar-refractivity contribution is 1.02. The summed E-state index contributed by atoms with van der Waals surface area (Å²) in [7, 11) is 0. The largest absolute Gasteiger partial charge is 0.329 e. The molecular formula is C6H12N2. The van der Waals surface area contributed by atoms with Gasteiger partial charge in [-0.3, -0.25) is 0 Å². The average Bonchev–Trinajstić information content (AvgIpc) is 1.71. The van der Waals surface area contributed by atoms with Gasteiger partial charge in [0.1, 0.15) is 0 Å². The lowest BCUT2D eigenvalue weighted by Crippen LogP contribution is -1.94. The Kier molecular flexibility index (Phi) is 20.9. The molecule has 0 radical (unpaired) electrons. The molecular weight excluding hydrogens is 100 g/mol. The molecule has 0 fully saturated rings. The highest BCUT2D eigenvalue weighted by atomic mass is 14.5. The van der Waals surface area contributed by atoms with Gasteiger partial charge in [0.05, 0.1) is 6.07 Å². The van der Waals surface area contributed by atoms with Crippen LogP contribution in [0.3, 0.4) is 0 Å². The normalized spacial score (nSPS) is 5.62. The van der Waals surface area contributed by atoms with Crippen molar-refractivity contribution in [2.45, 2.75) is 13.3 Å². The Balaban J connectivity index is 0. The molecule has 0 spiro atoms. The molecule has 0 heterocycles. The van der Waals surface area contributed by atoms with E-state index in [1.54, 1.807) is 6.08 Å². The Labute approximate surface area is 50.6 Å². The van der Waals surface area contributed by atoms with Gasteiger partial charge >= 0.3 is 0 Å². The maximum atomic E-state index is 7.74. The number of nitrogens with zero attached hydrogens (tertiary/aromatic N) is 1. The van der Waals surface area contributed by atoms with E-state index >= 15 is 0 Å². The van der Waals surface area contributed by atoms with Crippen LogP contribution in [0.1, 0.15) is 13.3 Å². The predicted octanol–water partition coefficient (Wildman–Crippen LogP) is 1.05. The van der Waals surface area contributed by atoms with E-state index in [0.717, 1.165) is 0 Å². The molecule has 0 amide bonds. The molecule has 0 aromatic carbocycles. The molecule has 0 aromatic heterocycles. The molecule has 0 bridgehead atoms. The minimum atomic E-state index is 0.472. The van der Waals surface area contributed by atoms with E-state index in [9.17, 15) is 0 Å². The van der Waals surface area contributed by atoms with Gasteiger partial charge in [0.15, 0.2) is 0 Å². The summed E-state index contributed by atoms with van der Waals surface area (Å²) >= 11 is 0. The van der Waals surface area contributed by atoms with Crippen molar-refractivity contribution in [3.63, 3.8) is 0 Å². The number of hydrogen-bond donors (Lipinski definition) is 1. The maximum Gasteiger partial charge on any atom is 0.0635 e. The third kappa shape index (κ3) is 64.3. The van der Waals surface area contributed by atoms with Crippen molar-refractivity contribution < 1.29 is 0 Å². The molecule has 0 rings (SSSR count). The minimum absolute atomic E-state index is 0.472. The van der Waals surface area contributed by atoms with Crippen LogP contribution in [-0.2, 0) is 0 Å². The molecule has 2 nitrogen and oxygen atoms in total. The first-order valence-corrected chi connectivity index (χ1v) is 2.47. The molecule has 2 N–H and O–H groups in total. The van der Waals surface area contributed by atoms with Crippen molar-refractivity contribution >= 4 is 0 Å². The summed E-state index contributed by atoms with van der Waals surface area (Å²) in [5, 5.41) is 7.74. The fraction of sp³-hybridized carbons (Fsp3) is 0.500. The topological polar surface area (TPSA) is 49.8 Å². The molecule has 0 aliphatic heterocycles. The fourth-order valence-corrected chi connectivity index (χ4v) is 0.0645. The highest BCUT2D eigenvalue weighted by molar-refractivity contribution is 4.67. The number of hydrogen-bond acceptors (Lipinski definition) is 2. The van der Waals surface area contributed by atoms with E-state index in [4.69, 9.17) is 11.0 Å². The Morgan fingerprint density at radius 3 is 2.25 bits per heavy atom. The summed E-state index contributed by atoms with van der Waals surface area (Å²) in [4.78, 5) is 0. The third-order valence-electron chi connectivity index (χ3n) is 0.256. The van der Waals surface area contributed by atoms with E-state index in [0.29, 0.717) is 13.0 Å². The molecule has 0 atom stereocenters. The lowest BCUT2D eigenvalue weighted by Gasteiger charge is -1.68. The Morgan fingerprint density at radius 2 is 2.25 bits per heavy atom. The van der Waals surface area contributed by atoms with Crippen molar-refractivity contribution in [3.8, 4) is 6.07 Å². The van der Waals surface area contributed by atoms with Crippen molar-refractivity contribution in [2.75, 3.05) is 6.54 Å². The second-order valence-corrected chi connectivity index (χ2v) is 1.11. The summed E-state index contributed by atoms with van der Waals surface area (Å²) in [6.07, 6.45) is 2.22. The van der Waals surface area contributed by atoms with Gasteiger partial charge in [-0.05, 0) is 6.92 Å². The van der Waals surface area contributed by atoms with Crippen LogP contribution in [0.15, 0.2) is 12.7 Å². The van der Waals surface area contributed by atoms with Gasteiger partial charge < -0.3 is 5.73 Å². The number of nitrogens with two attached hydrogens (primary N) is 1. The van der Waals surface area contributed by atoms with E-state index < -0.39 is 0 Å². The highest BCUT2D eigenvalue weighted by Crippen LogP contribution is 1.59. The lowest BCUT2D eigenvalue weighted by atomic mass is 10.5. The monoisotopic (exact) mass is 112 g/mol. The molecule has 46 valence electrons. The zero-order chi connectivity index (χ0) is 6.83. The fourth-order valence-electron chi connectivity index (χ4n) is 0.0645. The first kappa shape index (κ1) is 10.2. The maximum absolute atomic E-state index is 7.74. The van der Waals surface area contributed by atoms with Gasteiger partial charge in [-0.2, -0.15) is 5.26 Å². The standard InChI is InChI=1S/C3H6N2.C3H6/c4-2-1-3-5;1-3-2/h1-2,4H2;3H,1H2,2H3. The van der Waals surface area contributed by atoms with Gasteiger partial charge in [0.25, 0.3) is 0 Å². The first-order chi connectivity index (χ1) is 3.83.